The average Bonchev–Trinajstić information content (AvgIpc) is 3.51. The van der Waals surface area contributed by atoms with E-state index in [2.05, 4.69) is 27.4 Å². The number of nitrogens with one attached hydrogen (secondary N) is 1. The normalized spacial score (nSPS) is 12.1. The lowest BCUT2D eigenvalue weighted by Gasteiger charge is -2.29. The summed E-state index contributed by atoms with van der Waals surface area (Å²) < 4.78 is 5.78. The number of carboxylic acids is 1. The second kappa shape index (κ2) is 15.5. The third-order valence-corrected chi connectivity index (χ3v) is 9.05. The topological polar surface area (TPSA) is 227 Å². The number of thioether (sulfide) groups is 1. The maximum absolute atomic E-state index is 12.0. The molecule has 236 valence electrons. The number of thiazole rings is 1. The molecule has 0 aliphatic carbocycles. The average molecular weight is 677 g/mol. The van der Waals surface area contributed by atoms with Gasteiger partial charge in [0.2, 0.25) is 5.91 Å². The van der Waals surface area contributed by atoms with Crippen molar-refractivity contribution in [3.8, 4) is 39.6 Å². The van der Waals surface area contributed by atoms with E-state index in [9.17, 15) is 25.2 Å². The minimum absolute atomic E-state index is 0.0103. The van der Waals surface area contributed by atoms with E-state index >= 15 is 0 Å². The highest BCUT2D eigenvalue weighted by Crippen LogP contribution is 2.37. The number of anilines is 1. The third-order valence-electron chi connectivity index (χ3n) is 6.85. The maximum atomic E-state index is 12.0. The molecule has 4 rings (SSSR count). The summed E-state index contributed by atoms with van der Waals surface area (Å²) in [6.07, 6.45) is -0.500. The van der Waals surface area contributed by atoms with Gasteiger partial charge in [0, 0.05) is 46.8 Å². The zero-order chi connectivity index (χ0) is 33.3. The summed E-state index contributed by atoms with van der Waals surface area (Å²) in [4.78, 5) is 32.7. The summed E-state index contributed by atoms with van der Waals surface area (Å²) in [6, 6.07) is 18.2. The number of nitrogens with zero attached hydrogens (tertiary/aromatic N) is 4. The van der Waals surface area contributed by atoms with Crippen LogP contribution in [0.3, 0.4) is 0 Å². The van der Waals surface area contributed by atoms with Crippen molar-refractivity contribution >= 4 is 52.4 Å². The molecule has 2 aromatic carbocycles. The van der Waals surface area contributed by atoms with E-state index in [1.54, 1.807) is 36.4 Å². The fourth-order valence-electron chi connectivity index (χ4n) is 4.60. The summed E-state index contributed by atoms with van der Waals surface area (Å²) in [5, 5.41) is 36.4. The number of halogens is 1. The van der Waals surface area contributed by atoms with Crippen LogP contribution in [0.4, 0.5) is 5.82 Å². The zero-order valence-electron chi connectivity index (χ0n) is 24.3. The number of primary amides is 1. The minimum Gasteiger partial charge on any atom is -0.494 e. The van der Waals surface area contributed by atoms with Crippen molar-refractivity contribution in [3.63, 3.8) is 0 Å². The van der Waals surface area contributed by atoms with E-state index in [1.807, 2.05) is 17.5 Å². The Morgan fingerprint density at radius 2 is 1.74 bits per heavy atom. The van der Waals surface area contributed by atoms with Crippen molar-refractivity contribution in [3.05, 3.63) is 75.8 Å². The first-order valence-electron chi connectivity index (χ1n) is 13.8. The van der Waals surface area contributed by atoms with Crippen LogP contribution in [0.5, 0.6) is 5.75 Å². The Morgan fingerprint density at radius 1 is 1.07 bits per heavy atom. The number of benzene rings is 2. The van der Waals surface area contributed by atoms with Crippen molar-refractivity contribution in [1.82, 2.24) is 15.3 Å². The molecule has 0 unspecified atom stereocenters. The summed E-state index contributed by atoms with van der Waals surface area (Å²) in [5.41, 5.74) is 18.2. The van der Waals surface area contributed by atoms with Crippen molar-refractivity contribution in [2.75, 3.05) is 25.4 Å². The molecule has 4 aromatic rings. The summed E-state index contributed by atoms with van der Waals surface area (Å²) >= 11 is 8.77. The number of carboxylic acid groups (broad SMARTS) is 1. The van der Waals surface area contributed by atoms with Crippen molar-refractivity contribution in [2.24, 2.45) is 11.5 Å². The first-order chi connectivity index (χ1) is 22.1. The van der Waals surface area contributed by atoms with Gasteiger partial charge in [-0.05, 0) is 29.8 Å². The largest absolute Gasteiger partial charge is 0.494 e. The van der Waals surface area contributed by atoms with Crippen molar-refractivity contribution in [2.45, 2.75) is 29.2 Å². The van der Waals surface area contributed by atoms with Crippen LogP contribution in [0.1, 0.15) is 29.7 Å². The number of ether oxygens (including phenoxy) is 1. The van der Waals surface area contributed by atoms with Gasteiger partial charge in [0.25, 0.3) is 0 Å². The molecule has 0 fully saturated rings. The van der Waals surface area contributed by atoms with E-state index in [0.29, 0.717) is 32.7 Å². The number of nitrogen functional groups attached to an aromatic ring is 1. The predicted octanol–water partition coefficient (Wildman–Crippen LogP) is 4.16. The van der Waals surface area contributed by atoms with Gasteiger partial charge in [0.05, 0.1) is 24.3 Å². The summed E-state index contributed by atoms with van der Waals surface area (Å²) in [5.74, 6) is -1.22. The van der Waals surface area contributed by atoms with Gasteiger partial charge in [-0.3, -0.25) is 9.59 Å². The molecule has 15 heteroatoms. The number of carbonyl (C=O) groups is 2. The Morgan fingerprint density at radius 3 is 2.35 bits per heavy atom. The second-order valence-electron chi connectivity index (χ2n) is 9.96. The molecule has 0 aliphatic heterocycles. The molecule has 8 N–H and O–H groups in total. The molecule has 0 radical (unpaired) electrons. The van der Waals surface area contributed by atoms with Gasteiger partial charge in [-0.1, -0.05) is 47.6 Å². The van der Waals surface area contributed by atoms with Crippen molar-refractivity contribution in [1.29, 1.82) is 10.5 Å². The Hall–Kier alpha value is -4.70. The van der Waals surface area contributed by atoms with E-state index in [1.165, 1.54) is 23.1 Å². The molecule has 1 amide bonds. The number of nitrogens with two attached hydrogens (primary N) is 3. The SMILES string of the molecule is N#Cc1c(N)nc(SCc2csc(-c3ccc(Cl)cc3)n2)c(C#N)c1-c1ccc(OCC[C@@](CC(N)=O)(NCCN)C(=O)O)cc1. The lowest BCUT2D eigenvalue weighted by atomic mass is 9.91. The number of nitriles is 2. The molecule has 0 saturated heterocycles. The fourth-order valence-corrected chi connectivity index (χ4v) is 6.54. The maximum Gasteiger partial charge on any atom is 0.324 e. The van der Waals surface area contributed by atoms with Gasteiger partial charge in [-0.25, -0.2) is 9.97 Å². The number of aromatic nitrogens is 2. The number of carbonyl (C=O) groups excluding carboxylic acids is 1. The molecule has 2 heterocycles. The first kappa shape index (κ1) is 34.2. The fraction of sp³-hybridized carbons (Fsp3) is 0.226. The molecular weight excluding hydrogens is 648 g/mol. The van der Waals surface area contributed by atoms with Crippen molar-refractivity contribution < 1.29 is 19.4 Å². The number of amides is 1. The first-order valence-corrected chi connectivity index (χ1v) is 16.0. The zero-order valence-corrected chi connectivity index (χ0v) is 26.7. The van der Waals surface area contributed by atoms with Gasteiger partial charge < -0.3 is 32.4 Å². The summed E-state index contributed by atoms with van der Waals surface area (Å²) in [7, 11) is 0. The number of hydrogen-bond acceptors (Lipinski definition) is 12. The van der Waals surface area contributed by atoms with Gasteiger partial charge in [0.15, 0.2) is 0 Å². The molecule has 2 aromatic heterocycles. The number of pyridine rings is 1. The molecule has 46 heavy (non-hydrogen) atoms. The van der Waals surface area contributed by atoms with Crippen LogP contribution in [0.2, 0.25) is 5.02 Å². The van der Waals surface area contributed by atoms with E-state index in [0.717, 1.165) is 16.3 Å². The minimum atomic E-state index is -1.63. The third kappa shape index (κ3) is 8.11. The van der Waals surface area contributed by atoms with Gasteiger partial charge in [-0.15, -0.1) is 11.3 Å². The Labute approximate surface area is 278 Å². The Bertz CT molecular complexity index is 1800. The molecule has 0 aliphatic rings. The van der Waals surface area contributed by atoms with Gasteiger partial charge in [0.1, 0.15) is 44.8 Å². The molecule has 0 saturated carbocycles. The highest BCUT2D eigenvalue weighted by atomic mass is 35.5. The lowest BCUT2D eigenvalue weighted by molar-refractivity contribution is -0.147. The Balaban J connectivity index is 1.53. The van der Waals surface area contributed by atoms with Gasteiger partial charge >= 0.3 is 5.97 Å². The summed E-state index contributed by atoms with van der Waals surface area (Å²) in [6.45, 7) is 0.282. The molecule has 12 nitrogen and oxygen atoms in total. The van der Waals surface area contributed by atoms with E-state index in [-0.39, 0.29) is 43.1 Å². The van der Waals surface area contributed by atoms with Crippen LogP contribution in [0.25, 0.3) is 21.7 Å². The van der Waals surface area contributed by atoms with Crippen LogP contribution < -0.4 is 27.3 Å². The number of rotatable bonds is 15. The number of hydrogen-bond donors (Lipinski definition) is 5. The highest BCUT2D eigenvalue weighted by Gasteiger charge is 2.39. The van der Waals surface area contributed by atoms with Crippen LogP contribution in [0, 0.1) is 22.7 Å². The molecule has 0 bridgehead atoms. The molecular formula is C31H29ClN8O4S2. The van der Waals surface area contributed by atoms with E-state index in [4.69, 9.17) is 33.5 Å². The van der Waals surface area contributed by atoms with Crippen LogP contribution in [0.15, 0.2) is 58.9 Å². The molecule has 1 atom stereocenters. The van der Waals surface area contributed by atoms with Crippen LogP contribution >= 0.6 is 34.7 Å². The monoisotopic (exact) mass is 676 g/mol. The highest BCUT2D eigenvalue weighted by molar-refractivity contribution is 7.98. The lowest BCUT2D eigenvalue weighted by Crippen LogP contribution is -2.56. The standard InChI is InChI=1S/C31H29ClN8O4S2/c32-20-5-1-19(2-6-20)28-39-21(16-45-28)17-46-29-24(15-35)26(23(14-34)27(37)40-29)18-3-7-22(8-4-18)44-12-9-31(30(42)43,13-25(36)41)38-11-10-33/h1-8,16,38H,9-13,17,33H2,(H2,36,41)(H2,37,40)(H,42,43)/t31-/m0/s1. The van der Waals surface area contributed by atoms with Gasteiger partial charge in [-0.2, -0.15) is 10.5 Å². The number of aliphatic carboxylic acids is 1. The smallest absolute Gasteiger partial charge is 0.324 e. The van der Waals surface area contributed by atoms with E-state index < -0.39 is 23.8 Å². The Kier molecular flexibility index (Phi) is 11.5. The van der Waals surface area contributed by atoms with Crippen LogP contribution in [-0.4, -0.2) is 52.2 Å². The van der Waals surface area contributed by atoms with Crippen LogP contribution in [-0.2, 0) is 15.3 Å². The quantitative estimate of drug-likeness (QED) is 0.112. The predicted molar refractivity (Wildman–Crippen MR) is 177 cm³/mol. The second-order valence-corrected chi connectivity index (χ2v) is 12.2. The molecule has 0 spiro atoms.